The third-order valence-corrected chi connectivity index (χ3v) is 5.25. The van der Waals surface area contributed by atoms with Gasteiger partial charge in [0.25, 0.3) is 0 Å². The molecule has 234 valence electrons. The van der Waals surface area contributed by atoms with Gasteiger partial charge in [0.2, 0.25) is 0 Å². The quantitative estimate of drug-likeness (QED) is 0.0899. The Morgan fingerprint density at radius 2 is 1.71 bits per heavy atom. The maximum Gasteiger partial charge on any atom is 0.136 e. The highest BCUT2D eigenvalue weighted by Crippen LogP contribution is 2.30. The Kier molecular flexibility index (Phi) is 21.1. The molecule has 1 aliphatic carbocycles. The van der Waals surface area contributed by atoms with E-state index in [1.165, 1.54) is 6.08 Å². The molecule has 3 N–H and O–H groups in total. The molecule has 0 aromatic heterocycles. The summed E-state index contributed by atoms with van der Waals surface area (Å²) < 4.78 is 25.0. The number of carbonyl (C=O) groups is 2. The first-order chi connectivity index (χ1) is 19.8. The van der Waals surface area contributed by atoms with Gasteiger partial charge in [-0.15, -0.1) is 12.8 Å². The molecule has 2 rings (SSSR count). The number of allylic oxidation sites excluding steroid dienone is 4. The molecule has 0 fully saturated rings. The number of nitrogens with zero attached hydrogens (tertiary/aromatic N) is 1. The molecule has 0 heterocycles. The van der Waals surface area contributed by atoms with Crippen molar-refractivity contribution in [2.75, 3.05) is 51.6 Å². The largest absolute Gasteiger partial charge is 0.491 e. The highest BCUT2D eigenvalue weighted by atomic mass is 19.1. The lowest BCUT2D eigenvalue weighted by Crippen LogP contribution is -2.22. The van der Waals surface area contributed by atoms with Crippen LogP contribution in [0, 0.1) is 30.6 Å². The maximum absolute atomic E-state index is 14.6. The highest BCUT2D eigenvalue weighted by molar-refractivity contribution is 5.82. The van der Waals surface area contributed by atoms with Gasteiger partial charge in [-0.2, -0.15) is 0 Å². The highest BCUT2D eigenvalue weighted by Gasteiger charge is 2.17. The van der Waals surface area contributed by atoms with Crippen molar-refractivity contribution in [3.8, 4) is 12.8 Å². The number of benzene rings is 1. The number of hydrogen-bond acceptors (Lipinski definition) is 8. The second-order valence-electron chi connectivity index (χ2n) is 10.9. The molecule has 0 bridgehead atoms. The van der Waals surface area contributed by atoms with E-state index in [1.54, 1.807) is 34.1 Å². The Morgan fingerprint density at radius 3 is 2.10 bits per heavy atom. The zero-order chi connectivity index (χ0) is 32.8. The zero-order valence-electron chi connectivity index (χ0n) is 27.1. The van der Waals surface area contributed by atoms with Crippen LogP contribution in [0.5, 0.6) is 0 Å². The number of anilines is 2. The van der Waals surface area contributed by atoms with Gasteiger partial charge in [0.1, 0.15) is 36.6 Å². The Balaban J connectivity index is 0. The van der Waals surface area contributed by atoms with Gasteiger partial charge in [0.05, 0.1) is 12.0 Å². The van der Waals surface area contributed by atoms with Crippen molar-refractivity contribution in [3.63, 3.8) is 0 Å². The first-order valence-electron chi connectivity index (χ1n) is 13.6. The number of methoxy groups -OCH3 is 1. The lowest BCUT2D eigenvalue weighted by Gasteiger charge is -2.17. The number of nitrogens with one attached hydrogen (secondary N) is 3. The van der Waals surface area contributed by atoms with Gasteiger partial charge in [-0.1, -0.05) is 20.8 Å². The number of carbonyl (C=O) groups excluding carboxylic acids is 2. The number of aryl methyl sites for hydroxylation is 1. The summed E-state index contributed by atoms with van der Waals surface area (Å²) in [5, 5.41) is 9.46. The third-order valence-electron chi connectivity index (χ3n) is 5.25. The number of aldehydes is 2. The summed E-state index contributed by atoms with van der Waals surface area (Å²) in [6.45, 7) is 15.5. The molecule has 1 aromatic carbocycles. The molecule has 8 nitrogen and oxygen atoms in total. The fourth-order valence-corrected chi connectivity index (χ4v) is 3.08. The first-order valence-corrected chi connectivity index (χ1v) is 13.6. The van der Waals surface area contributed by atoms with Crippen LogP contribution in [0.2, 0.25) is 0 Å². The lowest BCUT2D eigenvalue weighted by molar-refractivity contribution is -0.124. The number of terminal acetylenes is 1. The second-order valence-corrected chi connectivity index (χ2v) is 10.9. The number of hydrogen-bond donors (Lipinski definition) is 3. The molecule has 0 saturated carbocycles. The standard InChI is InChI=1S/C20H26FN3O2.C6H15N.C5H8O2.C2H2/c1-5-23-20(24-19-9-6-15(22-3)12-14(19)2)17-8-7-16(13-18(17)21)26-11-10-25-4;1-6(2,3)5-7-4;1-5(2,3-6)4-7;1-2/h5-7,9,12-13,22,24H,8,10-11H2,1-4H3;7H,5H2,1-4H3;3-4H,1-2H3;1-2H/b20-17-,23-5-;;;. The summed E-state index contributed by atoms with van der Waals surface area (Å²) in [5.41, 5.74) is 3.11. The molecule has 9 heteroatoms. The lowest BCUT2D eigenvalue weighted by atomic mass is 9.97. The van der Waals surface area contributed by atoms with Crippen LogP contribution in [-0.4, -0.2) is 59.8 Å². The average molecular weight is 587 g/mol. The van der Waals surface area contributed by atoms with E-state index in [1.807, 2.05) is 45.3 Å². The van der Waals surface area contributed by atoms with Crippen molar-refractivity contribution >= 4 is 30.2 Å². The van der Waals surface area contributed by atoms with Crippen LogP contribution in [0.3, 0.4) is 0 Å². The molecule has 0 amide bonds. The Hall–Kier alpha value is -3.74. The van der Waals surface area contributed by atoms with Crippen LogP contribution in [0.4, 0.5) is 15.8 Å². The Morgan fingerprint density at radius 1 is 1.10 bits per heavy atom. The van der Waals surface area contributed by atoms with E-state index < -0.39 is 5.41 Å². The summed E-state index contributed by atoms with van der Waals surface area (Å²) in [7, 11) is 5.45. The number of aliphatic imine (C=N–C) groups is 1. The van der Waals surface area contributed by atoms with Gasteiger partial charge in [0.15, 0.2) is 0 Å². The van der Waals surface area contributed by atoms with E-state index in [2.05, 4.69) is 54.6 Å². The van der Waals surface area contributed by atoms with Gasteiger partial charge in [-0.25, -0.2) is 9.38 Å². The maximum atomic E-state index is 14.6. The van der Waals surface area contributed by atoms with Crippen molar-refractivity contribution in [3.05, 3.63) is 58.9 Å². The van der Waals surface area contributed by atoms with Gasteiger partial charge >= 0.3 is 0 Å². The average Bonchev–Trinajstić information content (AvgIpc) is 2.95. The predicted molar refractivity (Wildman–Crippen MR) is 174 cm³/mol. The van der Waals surface area contributed by atoms with Gasteiger partial charge < -0.3 is 35.0 Å². The van der Waals surface area contributed by atoms with Crippen LogP contribution in [0.15, 0.2) is 58.3 Å². The van der Waals surface area contributed by atoms with Crippen molar-refractivity contribution in [1.82, 2.24) is 5.32 Å². The SMILES string of the molecule is C#C.C/C=N\C(Nc1ccc(NC)cc1C)=C1/CC=C(OCCOC)C=C1F.CC(C)(C=O)C=O.CNCC(C)(C)C. The van der Waals surface area contributed by atoms with E-state index in [9.17, 15) is 14.0 Å². The fourth-order valence-electron chi connectivity index (χ4n) is 3.08. The summed E-state index contributed by atoms with van der Waals surface area (Å²) in [6, 6.07) is 5.93. The van der Waals surface area contributed by atoms with Gasteiger partial charge in [0, 0.05) is 49.8 Å². The minimum atomic E-state index is -0.778. The molecule has 1 aromatic rings. The Bertz CT molecular complexity index is 1090. The Labute approximate surface area is 252 Å². The van der Waals surface area contributed by atoms with E-state index in [-0.39, 0.29) is 5.83 Å². The van der Waals surface area contributed by atoms with Crippen molar-refractivity contribution in [1.29, 1.82) is 0 Å². The van der Waals surface area contributed by atoms with Crippen LogP contribution in [-0.2, 0) is 19.1 Å². The van der Waals surface area contributed by atoms with E-state index in [0.29, 0.717) is 54.8 Å². The monoisotopic (exact) mass is 586 g/mol. The second kappa shape index (κ2) is 21.9. The third kappa shape index (κ3) is 17.8. The summed E-state index contributed by atoms with van der Waals surface area (Å²) in [6.07, 6.45) is 14.5. The molecule has 0 spiro atoms. The molecule has 0 atom stereocenters. The number of ether oxygens (including phenoxy) is 2. The summed E-state index contributed by atoms with van der Waals surface area (Å²) in [5.74, 6) is 0.656. The van der Waals surface area contributed by atoms with E-state index >= 15 is 0 Å². The zero-order valence-corrected chi connectivity index (χ0v) is 27.1. The molecule has 1 aliphatic rings. The minimum absolute atomic E-state index is 0.350. The molecular weight excluding hydrogens is 535 g/mol. The summed E-state index contributed by atoms with van der Waals surface area (Å²) >= 11 is 0. The van der Waals surface area contributed by atoms with E-state index in [4.69, 9.17) is 9.47 Å². The molecule has 0 unspecified atom stereocenters. The smallest absolute Gasteiger partial charge is 0.136 e. The number of rotatable bonds is 11. The van der Waals surface area contributed by atoms with Crippen molar-refractivity contribution in [2.24, 2.45) is 15.8 Å². The molecule has 0 radical (unpaired) electrons. The van der Waals surface area contributed by atoms with Crippen LogP contribution in [0.25, 0.3) is 0 Å². The van der Waals surface area contributed by atoms with E-state index in [0.717, 1.165) is 23.5 Å². The minimum Gasteiger partial charge on any atom is -0.491 e. The fraction of sp³-hybridized carbons (Fsp3) is 0.485. The van der Waals surface area contributed by atoms with Crippen LogP contribution >= 0.6 is 0 Å². The topological polar surface area (TPSA) is 101 Å². The van der Waals surface area contributed by atoms with Crippen molar-refractivity contribution < 1.29 is 23.5 Å². The molecule has 0 saturated heterocycles. The molecule has 42 heavy (non-hydrogen) atoms. The van der Waals surface area contributed by atoms with Crippen molar-refractivity contribution in [2.45, 2.75) is 54.9 Å². The van der Waals surface area contributed by atoms with Crippen LogP contribution in [0.1, 0.15) is 53.5 Å². The van der Waals surface area contributed by atoms with Gasteiger partial charge in [-0.05, 0) is 76.5 Å². The van der Waals surface area contributed by atoms with Crippen LogP contribution < -0.4 is 16.0 Å². The molecule has 0 aliphatic heterocycles. The first kappa shape index (κ1) is 40.4. The van der Waals surface area contributed by atoms with Gasteiger partial charge in [-0.3, -0.25) is 0 Å². The predicted octanol–water partition coefficient (Wildman–Crippen LogP) is 6.47. The molecular formula is C33H51FN4O4. The number of halogens is 1. The summed E-state index contributed by atoms with van der Waals surface area (Å²) in [4.78, 5) is 24.0. The normalized spacial score (nSPS) is 13.8.